The van der Waals surface area contributed by atoms with Crippen molar-refractivity contribution in [3.8, 4) is 0 Å². The Morgan fingerprint density at radius 1 is 1.11 bits per heavy atom. The van der Waals surface area contributed by atoms with Crippen molar-refractivity contribution in [2.24, 2.45) is 0 Å². The van der Waals surface area contributed by atoms with Crippen LogP contribution in [0.2, 0.25) is 0 Å². The third-order valence-corrected chi connectivity index (χ3v) is 4.17. The SMILES string of the molecule is C=CCNC(=O)c1coc(CN(CC=C)C(=O)c2cccc3ccccc23)n1. The fourth-order valence-corrected chi connectivity index (χ4v) is 2.86. The molecule has 0 radical (unpaired) electrons. The van der Waals surface area contributed by atoms with E-state index < -0.39 is 0 Å². The molecule has 0 bridgehead atoms. The van der Waals surface area contributed by atoms with Crippen LogP contribution in [0.25, 0.3) is 10.8 Å². The number of fused-ring (bicyclic) bond motifs is 1. The van der Waals surface area contributed by atoms with E-state index in [1.165, 1.54) is 6.26 Å². The number of nitrogens with zero attached hydrogens (tertiary/aromatic N) is 2. The molecule has 0 aliphatic rings. The quantitative estimate of drug-likeness (QED) is 0.611. The Bertz CT molecular complexity index is 1020. The summed E-state index contributed by atoms with van der Waals surface area (Å²) in [4.78, 5) is 30.9. The van der Waals surface area contributed by atoms with Crippen LogP contribution in [-0.4, -0.2) is 34.8 Å². The first-order valence-electron chi connectivity index (χ1n) is 8.85. The third kappa shape index (κ3) is 4.17. The monoisotopic (exact) mass is 375 g/mol. The van der Waals surface area contributed by atoms with Crippen molar-refractivity contribution in [3.05, 3.63) is 91.2 Å². The molecule has 1 aromatic heterocycles. The summed E-state index contributed by atoms with van der Waals surface area (Å²) >= 11 is 0. The highest BCUT2D eigenvalue weighted by molar-refractivity contribution is 6.07. The first-order chi connectivity index (χ1) is 13.6. The summed E-state index contributed by atoms with van der Waals surface area (Å²) < 4.78 is 5.39. The van der Waals surface area contributed by atoms with Crippen molar-refractivity contribution in [3.63, 3.8) is 0 Å². The van der Waals surface area contributed by atoms with E-state index >= 15 is 0 Å². The molecule has 2 aromatic carbocycles. The molecule has 1 N–H and O–H groups in total. The van der Waals surface area contributed by atoms with Crippen molar-refractivity contribution in [1.82, 2.24) is 15.2 Å². The van der Waals surface area contributed by atoms with Crippen LogP contribution in [0.15, 0.2) is 78.5 Å². The highest BCUT2D eigenvalue weighted by atomic mass is 16.3. The van der Waals surface area contributed by atoms with Crippen molar-refractivity contribution in [1.29, 1.82) is 0 Å². The van der Waals surface area contributed by atoms with Crippen LogP contribution >= 0.6 is 0 Å². The maximum Gasteiger partial charge on any atom is 0.273 e. The lowest BCUT2D eigenvalue weighted by Gasteiger charge is -2.20. The number of benzene rings is 2. The highest BCUT2D eigenvalue weighted by Crippen LogP contribution is 2.21. The zero-order valence-corrected chi connectivity index (χ0v) is 15.4. The minimum Gasteiger partial charge on any atom is -0.446 e. The first kappa shape index (κ1) is 19.1. The summed E-state index contributed by atoms with van der Waals surface area (Å²) in [5, 5.41) is 4.50. The number of hydrogen-bond acceptors (Lipinski definition) is 4. The van der Waals surface area contributed by atoms with Crippen LogP contribution in [0.1, 0.15) is 26.7 Å². The fourth-order valence-electron chi connectivity index (χ4n) is 2.86. The molecule has 6 heteroatoms. The average Bonchev–Trinajstić information content (AvgIpc) is 3.19. The van der Waals surface area contributed by atoms with Crippen LogP contribution in [0.3, 0.4) is 0 Å². The number of amides is 2. The first-order valence-corrected chi connectivity index (χ1v) is 8.85. The molecule has 0 saturated carbocycles. The Kier molecular flexibility index (Phi) is 6.01. The van der Waals surface area contributed by atoms with Gasteiger partial charge in [-0.1, -0.05) is 48.6 Å². The molecule has 0 fully saturated rings. The van der Waals surface area contributed by atoms with E-state index in [2.05, 4.69) is 23.5 Å². The number of hydrogen-bond donors (Lipinski definition) is 1. The largest absolute Gasteiger partial charge is 0.446 e. The molecule has 0 aliphatic heterocycles. The van der Waals surface area contributed by atoms with E-state index in [9.17, 15) is 9.59 Å². The fraction of sp³-hybridized carbons (Fsp3) is 0.136. The predicted octanol–water partition coefficient (Wildman–Crippen LogP) is 3.57. The van der Waals surface area contributed by atoms with Crippen molar-refractivity contribution >= 4 is 22.6 Å². The van der Waals surface area contributed by atoms with Gasteiger partial charge in [0.1, 0.15) is 6.26 Å². The van der Waals surface area contributed by atoms with Crippen LogP contribution in [0, 0.1) is 0 Å². The lowest BCUT2D eigenvalue weighted by molar-refractivity contribution is 0.0751. The van der Waals surface area contributed by atoms with Crippen LogP contribution < -0.4 is 5.32 Å². The van der Waals surface area contributed by atoms with Gasteiger partial charge in [0.25, 0.3) is 11.8 Å². The van der Waals surface area contributed by atoms with Gasteiger partial charge >= 0.3 is 0 Å². The second-order valence-electron chi connectivity index (χ2n) is 6.13. The standard InChI is InChI=1S/C22H21N3O3/c1-3-12-23-21(26)19-15-28-20(24-19)14-25(13-4-2)22(27)18-11-7-9-16-8-5-6-10-17(16)18/h3-11,15H,1-2,12-14H2,(H,23,26). The molecule has 28 heavy (non-hydrogen) atoms. The predicted molar refractivity (Wildman–Crippen MR) is 108 cm³/mol. The molecule has 2 amide bonds. The normalized spacial score (nSPS) is 10.4. The minimum atomic E-state index is -0.356. The maximum absolute atomic E-state index is 13.2. The molecule has 0 saturated heterocycles. The Morgan fingerprint density at radius 3 is 2.68 bits per heavy atom. The van der Waals surface area contributed by atoms with E-state index in [1.807, 2.05) is 36.4 Å². The summed E-state index contributed by atoms with van der Waals surface area (Å²) in [6.45, 7) is 8.06. The van der Waals surface area contributed by atoms with Gasteiger partial charge in [-0.2, -0.15) is 0 Å². The molecule has 0 aliphatic carbocycles. The van der Waals surface area contributed by atoms with Gasteiger partial charge in [0.15, 0.2) is 5.69 Å². The molecule has 0 unspecified atom stereocenters. The Balaban J connectivity index is 1.83. The van der Waals surface area contributed by atoms with Gasteiger partial charge in [0, 0.05) is 18.7 Å². The smallest absolute Gasteiger partial charge is 0.273 e. The van der Waals surface area contributed by atoms with E-state index in [4.69, 9.17) is 4.42 Å². The Labute approximate surface area is 163 Å². The molecular weight excluding hydrogens is 354 g/mol. The number of carbonyl (C=O) groups excluding carboxylic acids is 2. The average molecular weight is 375 g/mol. The van der Waals surface area contributed by atoms with E-state index in [0.717, 1.165) is 10.8 Å². The Morgan fingerprint density at radius 2 is 1.89 bits per heavy atom. The van der Waals surface area contributed by atoms with Gasteiger partial charge in [0.2, 0.25) is 5.89 Å². The Hall–Kier alpha value is -3.67. The van der Waals surface area contributed by atoms with Crippen molar-refractivity contribution in [2.75, 3.05) is 13.1 Å². The van der Waals surface area contributed by atoms with E-state index in [0.29, 0.717) is 18.7 Å². The van der Waals surface area contributed by atoms with E-state index in [1.54, 1.807) is 23.1 Å². The third-order valence-electron chi connectivity index (χ3n) is 4.17. The molecule has 142 valence electrons. The molecule has 1 heterocycles. The number of aromatic nitrogens is 1. The van der Waals surface area contributed by atoms with Gasteiger partial charge in [-0.15, -0.1) is 13.2 Å². The molecule has 6 nitrogen and oxygen atoms in total. The number of nitrogens with one attached hydrogen (secondary N) is 1. The molecule has 0 spiro atoms. The molecule has 3 aromatic rings. The lowest BCUT2D eigenvalue weighted by atomic mass is 10.0. The second kappa shape index (κ2) is 8.81. The second-order valence-corrected chi connectivity index (χ2v) is 6.13. The summed E-state index contributed by atoms with van der Waals surface area (Å²) in [5.41, 5.74) is 0.753. The zero-order valence-electron chi connectivity index (χ0n) is 15.4. The molecule has 0 atom stereocenters. The lowest BCUT2D eigenvalue weighted by Crippen LogP contribution is -2.31. The van der Waals surface area contributed by atoms with Gasteiger partial charge < -0.3 is 14.6 Å². The summed E-state index contributed by atoms with van der Waals surface area (Å²) in [5.74, 6) is -0.239. The zero-order chi connectivity index (χ0) is 19.9. The van der Waals surface area contributed by atoms with Gasteiger partial charge in [-0.25, -0.2) is 4.98 Å². The van der Waals surface area contributed by atoms with Crippen LogP contribution in [-0.2, 0) is 6.54 Å². The topological polar surface area (TPSA) is 75.4 Å². The number of carbonyl (C=O) groups is 2. The summed E-state index contributed by atoms with van der Waals surface area (Å²) in [6.07, 6.45) is 4.50. The van der Waals surface area contributed by atoms with Crippen molar-refractivity contribution < 1.29 is 14.0 Å². The summed E-state index contributed by atoms with van der Waals surface area (Å²) in [6, 6.07) is 13.3. The van der Waals surface area contributed by atoms with Crippen molar-refractivity contribution in [2.45, 2.75) is 6.54 Å². The van der Waals surface area contributed by atoms with Crippen LogP contribution in [0.4, 0.5) is 0 Å². The number of rotatable bonds is 8. The van der Waals surface area contributed by atoms with Crippen LogP contribution in [0.5, 0.6) is 0 Å². The maximum atomic E-state index is 13.2. The molecule has 3 rings (SSSR count). The van der Waals surface area contributed by atoms with Gasteiger partial charge in [0.05, 0.1) is 6.54 Å². The minimum absolute atomic E-state index is 0.128. The van der Waals surface area contributed by atoms with Gasteiger partial charge in [-0.05, 0) is 16.8 Å². The van der Waals surface area contributed by atoms with Gasteiger partial charge in [-0.3, -0.25) is 9.59 Å². The molecular formula is C22H21N3O3. The summed E-state index contributed by atoms with van der Waals surface area (Å²) in [7, 11) is 0. The number of oxazole rings is 1. The van der Waals surface area contributed by atoms with E-state index in [-0.39, 0.29) is 29.9 Å². The highest BCUT2D eigenvalue weighted by Gasteiger charge is 2.20.